The number of rotatable bonds is 27. The van der Waals surface area contributed by atoms with Crippen LogP contribution in [0.15, 0.2) is 33.6 Å². The van der Waals surface area contributed by atoms with Crippen LogP contribution in [0.2, 0.25) is 0 Å². The molecule has 12 atom stereocenters. The molecular formula is C37H55F3N6O16S. The summed E-state index contributed by atoms with van der Waals surface area (Å²) in [4.78, 5) is 28.9. The Kier molecular flexibility index (Phi) is 18.9. The van der Waals surface area contributed by atoms with Gasteiger partial charge in [0.25, 0.3) is 0 Å². The van der Waals surface area contributed by atoms with Gasteiger partial charge in [-0.15, -0.1) is 10.2 Å². The van der Waals surface area contributed by atoms with Crippen LogP contribution in [0.25, 0.3) is 0 Å². The molecule has 11 N–H and O–H groups in total. The number of unbranched alkanes of at least 4 members (excludes halogenated alkanes) is 1. The van der Waals surface area contributed by atoms with E-state index in [1.807, 2.05) is 11.8 Å². The molecule has 1 aromatic carbocycles. The Balaban J connectivity index is 1.02. The minimum Gasteiger partial charge on any atom is -0.491 e. The lowest BCUT2D eigenvalue weighted by molar-refractivity contribution is -0.326. The van der Waals surface area contributed by atoms with Gasteiger partial charge < -0.3 is 85.3 Å². The first-order valence-corrected chi connectivity index (χ1v) is 21.3. The zero-order valence-electron chi connectivity index (χ0n) is 33.9. The van der Waals surface area contributed by atoms with E-state index >= 15 is 0 Å². The maximum atomic E-state index is 13.8. The minimum atomic E-state index is -4.82. The van der Waals surface area contributed by atoms with Crippen LogP contribution in [0.4, 0.5) is 18.0 Å². The molecule has 3 saturated heterocycles. The van der Waals surface area contributed by atoms with Crippen molar-refractivity contribution >= 4 is 29.9 Å². The molecule has 0 aromatic heterocycles. The highest BCUT2D eigenvalue weighted by molar-refractivity contribution is 8.00. The fourth-order valence-corrected chi connectivity index (χ4v) is 8.50. The van der Waals surface area contributed by atoms with Crippen LogP contribution in [-0.4, -0.2) is 196 Å². The maximum absolute atomic E-state index is 13.8. The zero-order valence-corrected chi connectivity index (χ0v) is 34.7. The normalized spacial score (nSPS) is 28.2. The van der Waals surface area contributed by atoms with Gasteiger partial charge in [-0.05, 0) is 18.9 Å². The highest BCUT2D eigenvalue weighted by atomic mass is 32.2. The van der Waals surface area contributed by atoms with E-state index in [9.17, 15) is 63.6 Å². The standard InChI is InChI=1S/C37H55F3N6O16S/c38-37(39,40)36(45-46-36)20-6-5-19(17-60-42-14-22(49)29(52)33(23(50)15-47)62-34-32(55)31(54)30(53)25(16-48)61-34)24(13-20)59-12-11-58-10-9-57-8-7-41-27(51)4-2-1-3-26-28-21(18-63-26)43-35(56)44-28/h5-6,13-14,21-23,25-26,28-34,47-50,52-55H,1-4,7-12,15-18H2,(H,41,51)(H2,43,44,56)/b42-14+/t21-,22-,23-,25-,26+,28-,29-,30+,31+,32-,33-,34+/m1/s1. The Hall–Kier alpha value is -3.51. The first-order chi connectivity index (χ1) is 30.1. The minimum absolute atomic E-state index is 0.00171. The third kappa shape index (κ3) is 13.5. The molecule has 4 heterocycles. The number of aliphatic hydroxyl groups is 8. The summed E-state index contributed by atoms with van der Waals surface area (Å²) in [6.07, 6.45) is -17.9. The Morgan fingerprint density at radius 1 is 1.03 bits per heavy atom. The number of nitrogens with zero attached hydrogens (tertiary/aromatic N) is 3. The number of nitrogens with one attached hydrogen (secondary N) is 3. The van der Waals surface area contributed by atoms with Gasteiger partial charge in [-0.3, -0.25) is 4.79 Å². The molecule has 0 unspecified atom stereocenters. The van der Waals surface area contributed by atoms with Crippen molar-refractivity contribution in [3.05, 3.63) is 29.3 Å². The molecule has 0 bridgehead atoms. The third-order valence-electron chi connectivity index (χ3n) is 10.6. The molecular weight excluding hydrogens is 873 g/mol. The summed E-state index contributed by atoms with van der Waals surface area (Å²) in [6.45, 7) is -1.50. The lowest BCUT2D eigenvalue weighted by Gasteiger charge is -2.42. The van der Waals surface area contributed by atoms with Gasteiger partial charge in [0.15, 0.2) is 6.29 Å². The number of ether oxygens (including phenoxy) is 5. The number of oxime groups is 1. The lowest BCUT2D eigenvalue weighted by Crippen LogP contribution is -2.61. The monoisotopic (exact) mass is 928 g/mol. The van der Waals surface area contributed by atoms with Crippen LogP contribution >= 0.6 is 11.8 Å². The summed E-state index contributed by atoms with van der Waals surface area (Å²) in [7, 11) is 0. The van der Waals surface area contributed by atoms with Gasteiger partial charge in [-0.1, -0.05) is 23.7 Å². The van der Waals surface area contributed by atoms with Crippen molar-refractivity contribution in [2.24, 2.45) is 15.4 Å². The van der Waals surface area contributed by atoms with E-state index < -0.39 is 86.8 Å². The summed E-state index contributed by atoms with van der Waals surface area (Å²) < 4.78 is 68.6. The second-order valence-electron chi connectivity index (χ2n) is 15.0. The fourth-order valence-electron chi connectivity index (χ4n) is 6.96. The van der Waals surface area contributed by atoms with Crippen molar-refractivity contribution in [1.82, 2.24) is 16.0 Å². The number of carbonyl (C=O) groups is 2. The number of alkyl halides is 3. The van der Waals surface area contributed by atoms with E-state index in [0.29, 0.717) is 24.4 Å². The predicted molar refractivity (Wildman–Crippen MR) is 210 cm³/mol. The Labute approximate surface area is 363 Å². The zero-order chi connectivity index (χ0) is 45.7. The number of halogens is 3. The van der Waals surface area contributed by atoms with Crippen molar-refractivity contribution < 1.29 is 92.1 Å². The molecule has 5 rings (SSSR count). The van der Waals surface area contributed by atoms with E-state index in [0.717, 1.165) is 37.1 Å². The quantitative estimate of drug-likeness (QED) is 0.0195. The summed E-state index contributed by atoms with van der Waals surface area (Å²) in [5, 5.41) is 99.8. The van der Waals surface area contributed by atoms with Gasteiger partial charge in [-0.25, -0.2) is 4.79 Å². The number of urea groups is 1. The van der Waals surface area contributed by atoms with Gasteiger partial charge in [0.05, 0.1) is 57.9 Å². The molecule has 1 aromatic rings. The van der Waals surface area contributed by atoms with Crippen LogP contribution in [0.5, 0.6) is 5.75 Å². The van der Waals surface area contributed by atoms with E-state index in [1.54, 1.807) is 0 Å². The van der Waals surface area contributed by atoms with Crippen molar-refractivity contribution in [3.8, 4) is 5.75 Å². The average Bonchev–Trinajstić information content (AvgIpc) is 3.90. The number of thioether (sulfide) groups is 1. The molecule has 4 aliphatic rings. The lowest BCUT2D eigenvalue weighted by atomic mass is 9.98. The highest BCUT2D eigenvalue weighted by Crippen LogP contribution is 2.53. The summed E-state index contributed by atoms with van der Waals surface area (Å²) >= 11 is 1.83. The number of benzene rings is 1. The summed E-state index contributed by atoms with van der Waals surface area (Å²) in [6, 6.07) is 3.64. The molecule has 63 heavy (non-hydrogen) atoms. The number of carbonyl (C=O) groups excluding carboxylic acids is 2. The maximum Gasteiger partial charge on any atom is 0.442 e. The molecule has 0 spiro atoms. The van der Waals surface area contributed by atoms with E-state index in [-0.39, 0.29) is 73.9 Å². The van der Waals surface area contributed by atoms with Crippen LogP contribution < -0.4 is 20.7 Å². The van der Waals surface area contributed by atoms with Crippen LogP contribution in [0, 0.1) is 0 Å². The first-order valence-electron chi connectivity index (χ1n) is 20.2. The highest BCUT2D eigenvalue weighted by Gasteiger charge is 2.65. The van der Waals surface area contributed by atoms with E-state index in [2.05, 4.69) is 31.3 Å². The number of hydrogen-bond donors (Lipinski definition) is 11. The molecule has 356 valence electrons. The largest absolute Gasteiger partial charge is 0.491 e. The molecule has 3 amide bonds. The predicted octanol–water partition coefficient (Wildman–Crippen LogP) is -2.12. The molecule has 0 saturated carbocycles. The number of fused-ring (bicyclic) bond motifs is 1. The van der Waals surface area contributed by atoms with E-state index in [1.165, 1.54) is 6.07 Å². The molecule has 4 aliphatic heterocycles. The second kappa shape index (κ2) is 23.6. The second-order valence-corrected chi connectivity index (χ2v) is 16.3. The summed E-state index contributed by atoms with van der Waals surface area (Å²) in [5.74, 6) is 0.730. The van der Waals surface area contributed by atoms with Gasteiger partial charge >= 0.3 is 17.9 Å². The molecule has 0 radical (unpaired) electrons. The van der Waals surface area contributed by atoms with Crippen LogP contribution in [0.1, 0.15) is 36.8 Å². The Morgan fingerprint density at radius 2 is 1.76 bits per heavy atom. The van der Waals surface area contributed by atoms with Gasteiger partial charge in [0.1, 0.15) is 67.8 Å². The summed E-state index contributed by atoms with van der Waals surface area (Å²) in [5.41, 5.74) is -2.89. The molecule has 3 fully saturated rings. The Morgan fingerprint density at radius 3 is 2.46 bits per heavy atom. The Bertz CT molecular complexity index is 1680. The molecule has 26 heteroatoms. The van der Waals surface area contributed by atoms with Gasteiger partial charge in [0.2, 0.25) is 5.91 Å². The SMILES string of the molecule is O=C(CCCC[C@@H]1SC[C@H]2NC(=O)N[C@@H]12)NCCOCCOCCOc1cc(C2(C(F)(F)F)N=N2)ccc1CO/N=C/[C@@H](O)[C@@H](O)[C@H](O[C@@H]1O[C@H](CO)[C@H](O)[C@H](O)[C@H]1O)[C@H](O)CO. The van der Waals surface area contributed by atoms with E-state index in [4.69, 9.17) is 28.5 Å². The third-order valence-corrected chi connectivity index (χ3v) is 12.1. The number of aliphatic hydroxyl groups excluding tert-OH is 8. The topological polar surface area (TPSA) is 325 Å². The molecule has 22 nitrogen and oxygen atoms in total. The average molecular weight is 929 g/mol. The van der Waals surface area contributed by atoms with Crippen LogP contribution in [-0.2, 0) is 40.8 Å². The first kappa shape index (κ1) is 50.5. The van der Waals surface area contributed by atoms with Gasteiger partial charge in [-0.2, -0.15) is 24.9 Å². The number of hydrogen-bond acceptors (Lipinski definition) is 20. The number of amides is 3. The van der Waals surface area contributed by atoms with Crippen molar-refractivity contribution in [2.45, 2.75) is 117 Å². The van der Waals surface area contributed by atoms with Crippen molar-refractivity contribution in [2.75, 3.05) is 58.5 Å². The van der Waals surface area contributed by atoms with Gasteiger partial charge in [0, 0.05) is 35.1 Å². The van der Waals surface area contributed by atoms with Crippen molar-refractivity contribution in [1.29, 1.82) is 0 Å². The molecule has 0 aliphatic carbocycles. The smallest absolute Gasteiger partial charge is 0.442 e. The van der Waals surface area contributed by atoms with Crippen LogP contribution in [0.3, 0.4) is 0 Å². The fraction of sp³-hybridized carbons (Fsp3) is 0.757. The van der Waals surface area contributed by atoms with Crippen molar-refractivity contribution in [3.63, 3.8) is 0 Å².